The van der Waals surface area contributed by atoms with Crippen LogP contribution in [0.1, 0.15) is 18.4 Å². The molecule has 1 aliphatic carbocycles. The molecule has 0 unspecified atom stereocenters. The largest absolute Gasteiger partial charge is 0.339 e. The molecular formula is C17H23F2N3O3S. The van der Waals surface area contributed by atoms with E-state index in [4.69, 9.17) is 0 Å². The van der Waals surface area contributed by atoms with Crippen LogP contribution in [-0.2, 0) is 21.4 Å². The highest BCUT2D eigenvalue weighted by molar-refractivity contribution is 7.88. The molecule has 0 atom stereocenters. The third-order valence-electron chi connectivity index (χ3n) is 4.85. The Bertz CT molecular complexity index is 775. The highest BCUT2D eigenvalue weighted by atomic mass is 32.2. The van der Waals surface area contributed by atoms with Crippen molar-refractivity contribution < 1.29 is 22.0 Å². The second kappa shape index (κ2) is 7.58. The number of piperazine rings is 1. The maximum Gasteiger partial charge on any atom is 0.236 e. The van der Waals surface area contributed by atoms with Crippen LogP contribution in [0.2, 0.25) is 0 Å². The zero-order chi connectivity index (χ0) is 18.9. The summed E-state index contributed by atoms with van der Waals surface area (Å²) in [5.74, 6) is -1.32. The lowest BCUT2D eigenvalue weighted by atomic mass is 10.2. The van der Waals surface area contributed by atoms with Gasteiger partial charge in [-0.05, 0) is 18.9 Å². The van der Waals surface area contributed by atoms with E-state index in [1.807, 2.05) is 4.90 Å². The van der Waals surface area contributed by atoms with Crippen molar-refractivity contribution in [3.05, 3.63) is 35.4 Å². The molecule has 6 nitrogen and oxygen atoms in total. The Hall–Kier alpha value is -1.58. The van der Waals surface area contributed by atoms with Gasteiger partial charge in [0.05, 0.1) is 12.8 Å². The molecule has 9 heteroatoms. The van der Waals surface area contributed by atoms with E-state index in [1.54, 1.807) is 4.90 Å². The molecule has 1 saturated carbocycles. The van der Waals surface area contributed by atoms with Gasteiger partial charge in [0.1, 0.15) is 11.6 Å². The molecule has 1 aliphatic heterocycles. The summed E-state index contributed by atoms with van der Waals surface area (Å²) < 4.78 is 51.4. The number of halogens is 2. The lowest BCUT2D eigenvalue weighted by Crippen LogP contribution is -2.52. The van der Waals surface area contributed by atoms with Crippen LogP contribution in [0.4, 0.5) is 8.78 Å². The smallest absolute Gasteiger partial charge is 0.236 e. The first kappa shape index (κ1) is 19.2. The Morgan fingerprint density at radius 2 is 1.85 bits per heavy atom. The average molecular weight is 387 g/mol. The van der Waals surface area contributed by atoms with Gasteiger partial charge in [-0.1, -0.05) is 6.07 Å². The van der Waals surface area contributed by atoms with Crippen LogP contribution in [0.5, 0.6) is 0 Å². The standard InChI is InChI=1S/C17H23F2N3O3S/c1-26(24,25)22-8-6-20(7-9-22)17(23)12-21(15-4-5-15)11-13-2-3-14(18)10-16(13)19/h2-3,10,15H,4-9,11-12H2,1H3. The van der Waals surface area contributed by atoms with Crippen LogP contribution < -0.4 is 0 Å². The minimum Gasteiger partial charge on any atom is -0.339 e. The van der Waals surface area contributed by atoms with Gasteiger partial charge in [0.15, 0.2) is 0 Å². The maximum absolute atomic E-state index is 13.9. The fourth-order valence-electron chi connectivity index (χ4n) is 3.17. The predicted octanol–water partition coefficient (Wildman–Crippen LogP) is 1.03. The second-order valence-electron chi connectivity index (χ2n) is 6.91. The van der Waals surface area contributed by atoms with Crippen molar-refractivity contribution in [3.63, 3.8) is 0 Å². The van der Waals surface area contributed by atoms with Crippen LogP contribution >= 0.6 is 0 Å². The van der Waals surface area contributed by atoms with E-state index in [9.17, 15) is 22.0 Å². The van der Waals surface area contributed by atoms with Crippen molar-refractivity contribution in [3.8, 4) is 0 Å². The van der Waals surface area contributed by atoms with Gasteiger partial charge in [-0.15, -0.1) is 0 Å². The van der Waals surface area contributed by atoms with Crippen LogP contribution in [0.3, 0.4) is 0 Å². The number of carbonyl (C=O) groups excluding carboxylic acids is 1. The molecule has 1 heterocycles. The maximum atomic E-state index is 13.9. The topological polar surface area (TPSA) is 60.9 Å². The zero-order valence-electron chi connectivity index (χ0n) is 14.7. The summed E-state index contributed by atoms with van der Waals surface area (Å²) in [6.07, 6.45) is 3.08. The first-order valence-corrected chi connectivity index (χ1v) is 10.5. The van der Waals surface area contributed by atoms with Crippen LogP contribution in [0.25, 0.3) is 0 Å². The number of nitrogens with zero attached hydrogens (tertiary/aromatic N) is 3. The van der Waals surface area contributed by atoms with Crippen molar-refractivity contribution in [2.75, 3.05) is 39.0 Å². The molecule has 0 N–H and O–H groups in total. The predicted molar refractivity (Wildman–Crippen MR) is 92.8 cm³/mol. The van der Waals surface area contributed by atoms with Crippen LogP contribution in [0, 0.1) is 11.6 Å². The number of hydrogen-bond donors (Lipinski definition) is 0. The quantitative estimate of drug-likeness (QED) is 0.732. The van der Waals surface area contributed by atoms with Gasteiger partial charge in [0.2, 0.25) is 15.9 Å². The van der Waals surface area contributed by atoms with Crippen LogP contribution in [0.15, 0.2) is 18.2 Å². The van der Waals surface area contributed by atoms with Gasteiger partial charge in [0.25, 0.3) is 0 Å². The van der Waals surface area contributed by atoms with E-state index in [1.165, 1.54) is 16.4 Å². The number of carbonyl (C=O) groups is 1. The Morgan fingerprint density at radius 1 is 1.19 bits per heavy atom. The van der Waals surface area contributed by atoms with Gasteiger partial charge in [-0.2, -0.15) is 4.31 Å². The molecule has 26 heavy (non-hydrogen) atoms. The summed E-state index contributed by atoms with van der Waals surface area (Å²) in [6, 6.07) is 3.72. The van der Waals surface area contributed by atoms with E-state index >= 15 is 0 Å². The summed E-state index contributed by atoms with van der Waals surface area (Å²) in [5.41, 5.74) is 0.369. The molecule has 1 aromatic carbocycles. The first-order valence-electron chi connectivity index (χ1n) is 8.65. The molecule has 1 saturated heterocycles. The van der Waals surface area contributed by atoms with Crippen molar-refractivity contribution in [2.24, 2.45) is 0 Å². The monoisotopic (exact) mass is 387 g/mol. The lowest BCUT2D eigenvalue weighted by Gasteiger charge is -2.34. The molecule has 3 rings (SSSR count). The molecular weight excluding hydrogens is 364 g/mol. The Kier molecular flexibility index (Phi) is 5.59. The highest BCUT2D eigenvalue weighted by Gasteiger charge is 2.33. The zero-order valence-corrected chi connectivity index (χ0v) is 15.5. The summed E-state index contributed by atoms with van der Waals surface area (Å²) in [6.45, 7) is 1.71. The second-order valence-corrected chi connectivity index (χ2v) is 8.90. The van der Waals surface area contributed by atoms with Crippen molar-refractivity contribution in [1.82, 2.24) is 14.1 Å². The molecule has 2 aliphatic rings. The lowest BCUT2D eigenvalue weighted by molar-refractivity contribution is -0.133. The van der Waals surface area contributed by atoms with Crippen molar-refractivity contribution in [1.29, 1.82) is 0 Å². The number of rotatable bonds is 6. The molecule has 144 valence electrons. The SMILES string of the molecule is CS(=O)(=O)N1CCN(C(=O)CN(Cc2ccc(F)cc2F)C2CC2)CC1. The van der Waals surface area contributed by atoms with E-state index < -0.39 is 21.7 Å². The Morgan fingerprint density at radius 3 is 2.38 bits per heavy atom. The minimum absolute atomic E-state index is 0.0902. The van der Waals surface area contributed by atoms with Gasteiger partial charge in [-0.25, -0.2) is 17.2 Å². The van der Waals surface area contributed by atoms with E-state index in [2.05, 4.69) is 0 Å². The van der Waals surface area contributed by atoms with Gasteiger partial charge in [0, 0.05) is 50.4 Å². The summed E-state index contributed by atoms with van der Waals surface area (Å²) in [7, 11) is -3.24. The Balaban J connectivity index is 1.59. The fraction of sp³-hybridized carbons (Fsp3) is 0.588. The van der Waals surface area contributed by atoms with Gasteiger partial charge >= 0.3 is 0 Å². The average Bonchev–Trinajstić information content (AvgIpc) is 3.40. The van der Waals surface area contributed by atoms with E-state index in [0.717, 1.165) is 25.2 Å². The van der Waals surface area contributed by atoms with Crippen LogP contribution in [-0.4, -0.2) is 73.5 Å². The molecule has 0 radical (unpaired) electrons. The molecule has 1 amide bonds. The summed E-state index contributed by atoms with van der Waals surface area (Å²) in [5, 5.41) is 0. The molecule has 0 spiro atoms. The molecule has 0 aromatic heterocycles. The number of amides is 1. The van der Waals surface area contributed by atoms with Gasteiger partial charge in [-0.3, -0.25) is 9.69 Å². The van der Waals surface area contributed by atoms with Crippen molar-refractivity contribution in [2.45, 2.75) is 25.4 Å². The molecule has 1 aromatic rings. The normalized spacial score (nSPS) is 19.2. The van der Waals surface area contributed by atoms with Gasteiger partial charge < -0.3 is 4.90 Å². The summed E-state index contributed by atoms with van der Waals surface area (Å²) >= 11 is 0. The third kappa shape index (κ3) is 4.77. The highest BCUT2D eigenvalue weighted by Crippen LogP contribution is 2.29. The van der Waals surface area contributed by atoms with E-state index in [0.29, 0.717) is 31.7 Å². The van der Waals surface area contributed by atoms with E-state index in [-0.39, 0.29) is 25.0 Å². The Labute approximate surface area is 152 Å². The summed E-state index contributed by atoms with van der Waals surface area (Å²) in [4.78, 5) is 16.2. The first-order chi connectivity index (χ1) is 12.2. The third-order valence-corrected chi connectivity index (χ3v) is 6.15. The number of benzene rings is 1. The fourth-order valence-corrected chi connectivity index (χ4v) is 3.99. The molecule has 0 bridgehead atoms. The minimum atomic E-state index is -3.24. The van der Waals surface area contributed by atoms with Crippen molar-refractivity contribution >= 4 is 15.9 Å². The molecule has 2 fully saturated rings. The number of sulfonamides is 1. The number of hydrogen-bond acceptors (Lipinski definition) is 4.